The van der Waals surface area contributed by atoms with Crippen molar-refractivity contribution in [2.45, 2.75) is 39.2 Å². The number of anilines is 1. The van der Waals surface area contributed by atoms with Crippen LogP contribution in [0.25, 0.3) is 49.9 Å². The second kappa shape index (κ2) is 11.7. The summed E-state index contributed by atoms with van der Waals surface area (Å²) in [5, 5.41) is 5.94. The Morgan fingerprint density at radius 3 is 2.29 bits per heavy atom. The molecule has 0 fully saturated rings. The number of fused-ring (bicyclic) bond motifs is 9. The molecule has 0 atom stereocenters. The van der Waals surface area contributed by atoms with Crippen LogP contribution in [0.1, 0.15) is 55.0 Å². The number of rotatable bonds is 4. The van der Waals surface area contributed by atoms with Crippen molar-refractivity contribution < 1.29 is 4.42 Å². The van der Waals surface area contributed by atoms with Crippen LogP contribution in [-0.4, -0.2) is 12.4 Å². The lowest BCUT2D eigenvalue weighted by atomic mass is 9.80. The fourth-order valence-corrected chi connectivity index (χ4v) is 8.79. The van der Waals surface area contributed by atoms with Crippen LogP contribution in [0.15, 0.2) is 160 Å². The molecule has 6 aromatic carbocycles. The van der Waals surface area contributed by atoms with Gasteiger partial charge in [0.25, 0.3) is 0 Å². The first-order valence-corrected chi connectivity index (χ1v) is 18.4. The van der Waals surface area contributed by atoms with Crippen LogP contribution in [0, 0.1) is 0 Å². The van der Waals surface area contributed by atoms with Gasteiger partial charge in [0.2, 0.25) is 0 Å². The van der Waals surface area contributed by atoms with Gasteiger partial charge in [0.05, 0.1) is 5.70 Å². The van der Waals surface area contributed by atoms with Crippen molar-refractivity contribution in [3.63, 3.8) is 0 Å². The molecule has 4 nitrogen and oxygen atoms in total. The minimum absolute atomic E-state index is 0.0472. The fraction of sp³-hybridized carbons (Fsp3) is 0.146. The van der Waals surface area contributed by atoms with E-state index in [1.54, 1.807) is 0 Å². The number of allylic oxidation sites excluding steroid dienone is 1. The van der Waals surface area contributed by atoms with Gasteiger partial charge in [-0.05, 0) is 88.3 Å². The molecule has 0 unspecified atom stereocenters. The minimum atomic E-state index is -0.0472. The van der Waals surface area contributed by atoms with Gasteiger partial charge < -0.3 is 14.6 Å². The molecule has 0 spiro atoms. The van der Waals surface area contributed by atoms with Gasteiger partial charge in [-0.25, -0.2) is 4.99 Å². The molecule has 1 aliphatic carbocycles. The molecule has 0 saturated carbocycles. The van der Waals surface area contributed by atoms with Gasteiger partial charge in [-0.15, -0.1) is 0 Å². The molecule has 7 aromatic rings. The number of para-hydroxylation sites is 2. The normalized spacial score (nSPS) is 19.3. The molecule has 252 valence electrons. The van der Waals surface area contributed by atoms with Crippen molar-refractivity contribution in [1.29, 1.82) is 0 Å². The maximum atomic E-state index is 6.17. The number of amidine groups is 1. The second-order valence-corrected chi connectivity index (χ2v) is 14.6. The van der Waals surface area contributed by atoms with E-state index >= 15 is 0 Å². The summed E-state index contributed by atoms with van der Waals surface area (Å²) < 4.78 is 6.17. The summed E-state index contributed by atoms with van der Waals surface area (Å²) in [4.78, 5) is 8.05. The Kier molecular flexibility index (Phi) is 6.91. The molecule has 3 heterocycles. The quantitative estimate of drug-likeness (QED) is 0.202. The summed E-state index contributed by atoms with van der Waals surface area (Å²) in [6.45, 7) is 8.41. The number of nitrogens with one attached hydrogen (secondary N) is 1. The molecule has 0 saturated heterocycles. The standard InChI is InChI=1S/C48H39N3O/c1-4-33-43(51-29-32-27-38-34-16-8-11-19-40(34)48(2,3)41(38)28-37(32)35-17-9-12-20-42(35)51)24-25-49-47(50-46(33)30-14-6-5-7-15-30)31-22-23-45-39(26-31)36-18-10-13-21-44(36)52-45/h5-24,26-28H,4,25,29H2,1-3H3,(H,49,50)/b43-24+,46-33-. The lowest BCUT2D eigenvalue weighted by Crippen LogP contribution is -2.31. The highest BCUT2D eigenvalue weighted by atomic mass is 16.3. The molecule has 1 N–H and O–H groups in total. The Hall–Kier alpha value is -6.13. The summed E-state index contributed by atoms with van der Waals surface area (Å²) >= 11 is 0. The van der Waals surface area contributed by atoms with E-state index < -0.39 is 0 Å². The van der Waals surface area contributed by atoms with E-state index in [1.165, 1.54) is 55.9 Å². The Balaban J connectivity index is 1.13. The molecule has 0 amide bonds. The first-order valence-electron chi connectivity index (χ1n) is 18.4. The number of nitrogens with zero attached hydrogens (tertiary/aromatic N) is 2. The predicted molar refractivity (Wildman–Crippen MR) is 216 cm³/mol. The third-order valence-corrected chi connectivity index (χ3v) is 11.3. The molecule has 0 radical (unpaired) electrons. The highest BCUT2D eigenvalue weighted by Crippen LogP contribution is 2.53. The van der Waals surface area contributed by atoms with Crippen LogP contribution in [0.3, 0.4) is 0 Å². The van der Waals surface area contributed by atoms with E-state index in [0.29, 0.717) is 6.54 Å². The Labute approximate surface area is 304 Å². The van der Waals surface area contributed by atoms with Crippen molar-refractivity contribution >= 4 is 39.2 Å². The zero-order chi connectivity index (χ0) is 35.0. The number of furan rings is 1. The van der Waals surface area contributed by atoms with Crippen LogP contribution in [-0.2, 0) is 12.0 Å². The summed E-state index contributed by atoms with van der Waals surface area (Å²) in [5.74, 6) is 0.855. The lowest BCUT2D eigenvalue weighted by molar-refractivity contribution is 0.660. The summed E-state index contributed by atoms with van der Waals surface area (Å²) in [6, 6.07) is 48.1. The van der Waals surface area contributed by atoms with Gasteiger partial charge in [-0.2, -0.15) is 0 Å². The Morgan fingerprint density at radius 1 is 0.673 bits per heavy atom. The molecule has 1 aromatic heterocycles. The molecule has 3 aliphatic rings. The number of aliphatic imine (C=N–C) groups is 1. The molecular formula is C48H39N3O. The van der Waals surface area contributed by atoms with Crippen molar-refractivity contribution in [2.24, 2.45) is 4.99 Å². The highest BCUT2D eigenvalue weighted by Gasteiger charge is 2.37. The van der Waals surface area contributed by atoms with E-state index in [1.807, 2.05) is 12.1 Å². The van der Waals surface area contributed by atoms with Crippen molar-refractivity contribution in [1.82, 2.24) is 5.32 Å². The summed E-state index contributed by atoms with van der Waals surface area (Å²) in [5.41, 5.74) is 18.0. The van der Waals surface area contributed by atoms with Crippen LogP contribution < -0.4 is 10.2 Å². The molecule has 0 bridgehead atoms. The van der Waals surface area contributed by atoms with Crippen LogP contribution >= 0.6 is 0 Å². The van der Waals surface area contributed by atoms with Crippen LogP contribution in [0.4, 0.5) is 5.69 Å². The topological polar surface area (TPSA) is 40.8 Å². The molecule has 2 aliphatic heterocycles. The highest BCUT2D eigenvalue weighted by molar-refractivity contribution is 6.10. The van der Waals surface area contributed by atoms with E-state index in [2.05, 4.69) is 158 Å². The van der Waals surface area contributed by atoms with Crippen molar-refractivity contribution in [3.8, 4) is 22.3 Å². The van der Waals surface area contributed by atoms with Gasteiger partial charge in [0, 0.05) is 62.9 Å². The van der Waals surface area contributed by atoms with E-state index in [0.717, 1.165) is 57.6 Å². The molecule has 4 heteroatoms. The van der Waals surface area contributed by atoms with Crippen molar-refractivity contribution in [2.75, 3.05) is 11.4 Å². The minimum Gasteiger partial charge on any atom is -0.456 e. The predicted octanol–water partition coefficient (Wildman–Crippen LogP) is 11.6. The smallest absolute Gasteiger partial charge is 0.135 e. The van der Waals surface area contributed by atoms with E-state index in [4.69, 9.17) is 9.41 Å². The zero-order valence-corrected chi connectivity index (χ0v) is 29.7. The van der Waals surface area contributed by atoms with Crippen LogP contribution in [0.5, 0.6) is 0 Å². The largest absolute Gasteiger partial charge is 0.456 e. The SMILES string of the molecule is CCC1=C(c2ccccc2)/N=C(/c2ccc3oc4ccccc4c3c2)NC/C=C\1N1Cc2cc3c(cc2-c2ccccc21)C(C)(C)c1ccccc1-3. The summed E-state index contributed by atoms with van der Waals surface area (Å²) in [6.07, 6.45) is 3.20. The average Bonchev–Trinajstić information content (AvgIpc) is 3.65. The number of benzene rings is 6. The number of hydrogen-bond acceptors (Lipinski definition) is 4. The van der Waals surface area contributed by atoms with Crippen LogP contribution in [0.2, 0.25) is 0 Å². The first kappa shape index (κ1) is 30.7. The molecular weight excluding hydrogens is 635 g/mol. The molecule has 52 heavy (non-hydrogen) atoms. The fourth-order valence-electron chi connectivity index (χ4n) is 8.79. The summed E-state index contributed by atoms with van der Waals surface area (Å²) in [7, 11) is 0. The monoisotopic (exact) mass is 673 g/mol. The molecule has 10 rings (SSSR count). The second-order valence-electron chi connectivity index (χ2n) is 14.6. The van der Waals surface area contributed by atoms with Gasteiger partial charge in [0.15, 0.2) is 0 Å². The lowest BCUT2D eigenvalue weighted by Gasteiger charge is -2.37. The van der Waals surface area contributed by atoms with Gasteiger partial charge >= 0.3 is 0 Å². The van der Waals surface area contributed by atoms with E-state index in [-0.39, 0.29) is 5.41 Å². The third kappa shape index (κ3) is 4.64. The van der Waals surface area contributed by atoms with Gasteiger partial charge in [-0.3, -0.25) is 0 Å². The Morgan fingerprint density at radius 2 is 1.42 bits per heavy atom. The maximum absolute atomic E-state index is 6.17. The van der Waals surface area contributed by atoms with Gasteiger partial charge in [-0.1, -0.05) is 112 Å². The Bertz CT molecular complexity index is 2670. The van der Waals surface area contributed by atoms with Crippen molar-refractivity contribution in [3.05, 3.63) is 179 Å². The van der Waals surface area contributed by atoms with E-state index in [9.17, 15) is 0 Å². The third-order valence-electron chi connectivity index (χ3n) is 11.3. The number of hydrogen-bond donors (Lipinski definition) is 1. The maximum Gasteiger partial charge on any atom is 0.135 e. The first-order chi connectivity index (χ1) is 25.5. The van der Waals surface area contributed by atoms with Gasteiger partial charge in [0.1, 0.15) is 17.0 Å². The zero-order valence-electron chi connectivity index (χ0n) is 29.7. The average molecular weight is 674 g/mol.